The molecule has 3 nitrogen and oxygen atoms in total. The monoisotopic (exact) mass is 403 g/mol. The molecule has 2 aliphatic heterocycles. The predicted molar refractivity (Wildman–Crippen MR) is 122 cm³/mol. The largest absolute Gasteiger partial charge is 0.329 e. The van der Waals surface area contributed by atoms with Crippen molar-refractivity contribution in [1.29, 1.82) is 0 Å². The molecule has 1 saturated carbocycles. The number of rotatable bonds is 2. The number of amidine groups is 1. The average molecular weight is 404 g/mol. The molecule has 0 amide bonds. The summed E-state index contributed by atoms with van der Waals surface area (Å²) in [6.45, 7) is 9.00. The topological polar surface area (TPSA) is 18.8 Å². The van der Waals surface area contributed by atoms with Gasteiger partial charge in [0.2, 0.25) is 0 Å². The minimum Gasteiger partial charge on any atom is -0.329 e. The molecular formula is C25H26ClN3. The first kappa shape index (κ1) is 18.5. The van der Waals surface area contributed by atoms with Gasteiger partial charge in [-0.2, -0.15) is 0 Å². The molecule has 1 fully saturated rings. The van der Waals surface area contributed by atoms with Crippen LogP contribution in [0.25, 0.3) is 0 Å². The highest BCUT2D eigenvalue weighted by Gasteiger charge is 2.39. The summed E-state index contributed by atoms with van der Waals surface area (Å²) >= 11 is 6.35. The van der Waals surface area contributed by atoms with Crippen molar-refractivity contribution in [2.45, 2.75) is 38.5 Å². The van der Waals surface area contributed by atoms with Gasteiger partial charge < -0.3 is 4.90 Å². The van der Waals surface area contributed by atoms with Crippen LogP contribution >= 0.6 is 11.6 Å². The molecule has 0 unspecified atom stereocenters. The number of benzene rings is 1. The number of aliphatic imine (C=N–C) groups is 1. The molecule has 4 aliphatic rings. The summed E-state index contributed by atoms with van der Waals surface area (Å²) < 4.78 is 0. The highest BCUT2D eigenvalue weighted by atomic mass is 35.5. The Morgan fingerprint density at radius 1 is 1.10 bits per heavy atom. The third-order valence-corrected chi connectivity index (χ3v) is 6.69. The van der Waals surface area contributed by atoms with Crippen molar-refractivity contribution in [3.05, 3.63) is 88.5 Å². The average Bonchev–Trinajstić information content (AvgIpc) is 3.26. The van der Waals surface area contributed by atoms with Gasteiger partial charge in [-0.1, -0.05) is 55.8 Å². The number of hydrogen-bond donors (Lipinski definition) is 0. The first-order valence-electron chi connectivity index (χ1n) is 10.5. The maximum absolute atomic E-state index is 6.35. The van der Waals surface area contributed by atoms with Crippen molar-refractivity contribution in [2.24, 2.45) is 10.9 Å². The molecule has 1 aromatic rings. The van der Waals surface area contributed by atoms with Gasteiger partial charge in [-0.05, 0) is 49.5 Å². The SMILES string of the molecule is C=C1C2=CCCC=C2N(C)C2=C1C(=C)N(c1cccc(Cl)c1)C(C1CCCC1)=N2. The molecule has 0 aromatic heterocycles. The van der Waals surface area contributed by atoms with Crippen LogP contribution in [0, 0.1) is 5.92 Å². The summed E-state index contributed by atoms with van der Waals surface area (Å²) in [7, 11) is 2.12. The molecule has 1 aromatic carbocycles. The Labute approximate surface area is 178 Å². The van der Waals surface area contributed by atoms with Gasteiger partial charge in [0.1, 0.15) is 11.7 Å². The van der Waals surface area contributed by atoms with Gasteiger partial charge in [0, 0.05) is 40.5 Å². The van der Waals surface area contributed by atoms with Crippen LogP contribution in [0.1, 0.15) is 38.5 Å². The van der Waals surface area contributed by atoms with Crippen LogP contribution in [0.3, 0.4) is 0 Å². The third kappa shape index (κ3) is 2.91. The Bertz CT molecular complexity index is 1030. The van der Waals surface area contributed by atoms with Crippen LogP contribution < -0.4 is 4.90 Å². The molecule has 0 atom stereocenters. The van der Waals surface area contributed by atoms with Crippen molar-refractivity contribution < 1.29 is 0 Å². The standard InChI is InChI=1S/C25H26ClN3/c1-16-21-13-6-7-14-22(21)28(3)25-23(16)17(2)29(20-12-8-11-19(26)15-20)24(27-25)18-9-4-5-10-18/h8,11-15,18H,1-2,4-7,9-10H2,3H3. The number of halogens is 1. The quantitative estimate of drug-likeness (QED) is 0.555. The van der Waals surface area contributed by atoms with Crippen molar-refractivity contribution in [3.8, 4) is 0 Å². The molecule has 4 heteroatoms. The summed E-state index contributed by atoms with van der Waals surface area (Å²) in [6.07, 6.45) is 11.6. The summed E-state index contributed by atoms with van der Waals surface area (Å²) in [4.78, 5) is 9.71. The van der Waals surface area contributed by atoms with Crippen LogP contribution in [-0.2, 0) is 0 Å². The third-order valence-electron chi connectivity index (χ3n) is 6.45. The van der Waals surface area contributed by atoms with Crippen molar-refractivity contribution in [3.63, 3.8) is 0 Å². The minimum absolute atomic E-state index is 0.443. The maximum Gasteiger partial charge on any atom is 0.144 e. The van der Waals surface area contributed by atoms with Crippen LogP contribution in [-0.4, -0.2) is 17.8 Å². The van der Waals surface area contributed by atoms with E-state index in [4.69, 9.17) is 16.6 Å². The van der Waals surface area contributed by atoms with Crippen LogP contribution in [0.5, 0.6) is 0 Å². The molecule has 2 aliphatic carbocycles. The number of fused-ring (bicyclic) bond motifs is 1. The maximum atomic E-state index is 6.35. The summed E-state index contributed by atoms with van der Waals surface area (Å²) in [5, 5.41) is 0.723. The second-order valence-corrected chi connectivity index (χ2v) is 8.67. The Morgan fingerprint density at radius 2 is 1.86 bits per heavy atom. The second-order valence-electron chi connectivity index (χ2n) is 8.23. The van der Waals surface area contributed by atoms with E-state index in [0.29, 0.717) is 5.92 Å². The van der Waals surface area contributed by atoms with E-state index >= 15 is 0 Å². The number of nitrogens with zero attached hydrogens (tertiary/aromatic N) is 3. The van der Waals surface area contributed by atoms with Crippen LogP contribution in [0.4, 0.5) is 5.69 Å². The van der Waals surface area contributed by atoms with Gasteiger partial charge in [0.25, 0.3) is 0 Å². The highest BCUT2D eigenvalue weighted by molar-refractivity contribution is 6.31. The van der Waals surface area contributed by atoms with E-state index in [1.807, 2.05) is 18.2 Å². The fourth-order valence-electron chi connectivity index (χ4n) is 5.01. The van der Waals surface area contributed by atoms with E-state index < -0.39 is 0 Å². The molecule has 0 spiro atoms. The summed E-state index contributed by atoms with van der Waals surface area (Å²) in [6, 6.07) is 8.00. The molecule has 2 heterocycles. The number of allylic oxidation sites excluding steroid dienone is 4. The number of anilines is 1. The van der Waals surface area contributed by atoms with E-state index in [1.165, 1.54) is 37.0 Å². The first-order valence-corrected chi connectivity index (χ1v) is 10.9. The molecule has 5 rings (SSSR count). The zero-order valence-electron chi connectivity index (χ0n) is 16.9. The minimum atomic E-state index is 0.443. The molecule has 0 bridgehead atoms. The fourth-order valence-corrected chi connectivity index (χ4v) is 5.20. The van der Waals surface area contributed by atoms with Gasteiger partial charge in [0.05, 0.1) is 5.70 Å². The fraction of sp³-hybridized carbons (Fsp3) is 0.320. The Morgan fingerprint density at radius 3 is 2.62 bits per heavy atom. The summed E-state index contributed by atoms with van der Waals surface area (Å²) in [5.74, 6) is 2.52. The Kier molecular flexibility index (Phi) is 4.51. The summed E-state index contributed by atoms with van der Waals surface area (Å²) in [5.41, 5.74) is 6.47. The van der Waals surface area contributed by atoms with Crippen molar-refractivity contribution in [2.75, 3.05) is 11.9 Å². The molecule has 0 saturated heterocycles. The Hall–Kier alpha value is -2.52. The first-order chi connectivity index (χ1) is 14.1. The van der Waals surface area contributed by atoms with E-state index in [0.717, 1.165) is 52.1 Å². The molecule has 0 N–H and O–H groups in total. The lowest BCUT2D eigenvalue weighted by Crippen LogP contribution is -2.42. The lowest BCUT2D eigenvalue weighted by Gasteiger charge is -2.43. The highest BCUT2D eigenvalue weighted by Crippen LogP contribution is 2.46. The molecule has 148 valence electrons. The zero-order valence-corrected chi connectivity index (χ0v) is 17.7. The van der Waals surface area contributed by atoms with Crippen LogP contribution in [0.15, 0.2) is 88.5 Å². The molecular weight excluding hydrogens is 378 g/mol. The lowest BCUT2D eigenvalue weighted by molar-refractivity contribution is 0.496. The predicted octanol–water partition coefficient (Wildman–Crippen LogP) is 6.58. The molecule has 0 radical (unpaired) electrons. The molecule has 29 heavy (non-hydrogen) atoms. The van der Waals surface area contributed by atoms with Gasteiger partial charge in [-0.25, -0.2) is 4.99 Å². The normalized spacial score (nSPS) is 22.3. The van der Waals surface area contributed by atoms with Crippen LogP contribution in [0.2, 0.25) is 5.02 Å². The zero-order chi connectivity index (χ0) is 20.1. The van der Waals surface area contributed by atoms with Gasteiger partial charge in [-0.3, -0.25) is 4.90 Å². The van der Waals surface area contributed by atoms with Gasteiger partial charge in [-0.15, -0.1) is 0 Å². The van der Waals surface area contributed by atoms with Crippen molar-refractivity contribution in [1.82, 2.24) is 4.90 Å². The second kappa shape index (κ2) is 7.07. The Balaban J connectivity index is 1.69. The lowest BCUT2D eigenvalue weighted by atomic mass is 9.85. The van der Waals surface area contributed by atoms with Gasteiger partial charge in [0.15, 0.2) is 0 Å². The smallest absolute Gasteiger partial charge is 0.144 e. The number of likely N-dealkylation sites (N-methyl/N-ethyl adjacent to an activating group) is 1. The van der Waals surface area contributed by atoms with E-state index in [1.54, 1.807) is 0 Å². The van der Waals surface area contributed by atoms with E-state index in [-0.39, 0.29) is 0 Å². The van der Waals surface area contributed by atoms with E-state index in [2.05, 4.69) is 48.2 Å². The van der Waals surface area contributed by atoms with Gasteiger partial charge >= 0.3 is 0 Å². The van der Waals surface area contributed by atoms with E-state index in [9.17, 15) is 0 Å². The van der Waals surface area contributed by atoms with Crippen molar-refractivity contribution >= 4 is 23.1 Å². The number of hydrogen-bond acceptors (Lipinski definition) is 3.